The number of nitrogens with zero attached hydrogens (tertiary/aromatic N) is 1. The molecule has 0 aliphatic carbocycles. The molecule has 1 aromatic heterocycles. The molecule has 1 aromatic carbocycles. The summed E-state index contributed by atoms with van der Waals surface area (Å²) in [6.07, 6.45) is 4.98. The highest BCUT2D eigenvalue weighted by Gasteiger charge is 2.27. The van der Waals surface area contributed by atoms with E-state index in [2.05, 4.69) is 10.3 Å². The molecule has 26 heavy (non-hydrogen) atoms. The Labute approximate surface area is 153 Å². The van der Waals surface area contributed by atoms with Crippen molar-refractivity contribution < 1.29 is 14.3 Å². The normalized spacial score (nSPS) is 17.3. The zero-order chi connectivity index (χ0) is 18.5. The summed E-state index contributed by atoms with van der Waals surface area (Å²) in [5, 5.41) is 4.16. The molecule has 2 amide bonds. The number of nitrogens with one attached hydrogen (secondary N) is 2. The summed E-state index contributed by atoms with van der Waals surface area (Å²) in [4.78, 5) is 29.4. The number of carbonyl (C=O) groups excluding carboxylic acids is 2. The molecule has 0 saturated carbocycles. The van der Waals surface area contributed by atoms with Crippen molar-refractivity contribution in [3.8, 4) is 5.75 Å². The highest BCUT2D eigenvalue weighted by atomic mass is 16.5. The number of rotatable bonds is 6. The van der Waals surface area contributed by atoms with Crippen molar-refractivity contribution in [3.63, 3.8) is 0 Å². The molecule has 2 N–H and O–H groups in total. The standard InChI is InChI=1S/C20H27N3O3/c1-3-19(24)23-10-4-5-15(13-23)20(25)21-9-8-14-12-22-18-7-6-16(26-2)11-17(14)18/h6-7,11-12,15,22H,3-5,8-10,13H2,1-2H3,(H,21,25)/t15-/m0/s1. The summed E-state index contributed by atoms with van der Waals surface area (Å²) < 4.78 is 5.29. The second-order valence-electron chi connectivity index (χ2n) is 6.80. The first-order valence-corrected chi connectivity index (χ1v) is 9.32. The molecule has 6 nitrogen and oxygen atoms in total. The third-order valence-corrected chi connectivity index (χ3v) is 5.12. The maximum absolute atomic E-state index is 12.5. The predicted octanol–water partition coefficient (Wildman–Crippen LogP) is 2.48. The lowest BCUT2D eigenvalue weighted by Gasteiger charge is -2.31. The van der Waals surface area contributed by atoms with E-state index in [4.69, 9.17) is 4.74 Å². The zero-order valence-electron chi connectivity index (χ0n) is 15.5. The van der Waals surface area contributed by atoms with Gasteiger partial charge in [0.2, 0.25) is 11.8 Å². The number of aromatic nitrogens is 1. The van der Waals surface area contributed by atoms with Gasteiger partial charge >= 0.3 is 0 Å². The molecule has 0 bridgehead atoms. The molecule has 1 aliphatic rings. The van der Waals surface area contributed by atoms with Crippen LogP contribution in [0.1, 0.15) is 31.7 Å². The molecule has 1 atom stereocenters. The van der Waals surface area contributed by atoms with Crippen LogP contribution >= 0.6 is 0 Å². The Bertz CT molecular complexity index is 784. The van der Waals surface area contributed by atoms with E-state index >= 15 is 0 Å². The van der Waals surface area contributed by atoms with Crippen molar-refractivity contribution in [3.05, 3.63) is 30.0 Å². The molecule has 3 rings (SSSR count). The fraction of sp³-hybridized carbons (Fsp3) is 0.500. The Morgan fingerprint density at radius 3 is 3.00 bits per heavy atom. The lowest BCUT2D eigenvalue weighted by Crippen LogP contribution is -2.45. The number of H-pyrrole nitrogens is 1. The molecule has 0 unspecified atom stereocenters. The molecular weight excluding hydrogens is 330 g/mol. The number of benzene rings is 1. The van der Waals surface area contributed by atoms with Crippen molar-refractivity contribution in [2.75, 3.05) is 26.7 Å². The van der Waals surface area contributed by atoms with Gasteiger partial charge in [-0.1, -0.05) is 6.92 Å². The summed E-state index contributed by atoms with van der Waals surface area (Å²) >= 11 is 0. The number of ether oxygens (including phenoxy) is 1. The zero-order valence-corrected chi connectivity index (χ0v) is 15.5. The number of aromatic amines is 1. The van der Waals surface area contributed by atoms with E-state index in [1.807, 2.05) is 36.2 Å². The van der Waals surface area contributed by atoms with Gasteiger partial charge in [-0.3, -0.25) is 9.59 Å². The SMILES string of the molecule is CCC(=O)N1CCC[C@H](C(=O)NCCc2c[nH]c3ccc(OC)cc23)C1. The third kappa shape index (κ3) is 4.00. The van der Waals surface area contributed by atoms with Crippen LogP contribution in [0.5, 0.6) is 5.75 Å². The van der Waals surface area contributed by atoms with Gasteiger partial charge in [0, 0.05) is 43.2 Å². The van der Waals surface area contributed by atoms with Crippen LogP contribution in [0.2, 0.25) is 0 Å². The van der Waals surface area contributed by atoms with Crippen molar-refractivity contribution in [1.82, 2.24) is 15.2 Å². The summed E-state index contributed by atoms with van der Waals surface area (Å²) in [7, 11) is 1.66. The predicted molar refractivity (Wildman–Crippen MR) is 101 cm³/mol. The van der Waals surface area contributed by atoms with E-state index in [0.717, 1.165) is 48.0 Å². The number of hydrogen-bond donors (Lipinski definition) is 2. The maximum Gasteiger partial charge on any atom is 0.224 e. The molecule has 0 spiro atoms. The minimum Gasteiger partial charge on any atom is -0.497 e. The highest BCUT2D eigenvalue weighted by Crippen LogP contribution is 2.24. The van der Waals surface area contributed by atoms with E-state index in [1.54, 1.807) is 7.11 Å². The summed E-state index contributed by atoms with van der Waals surface area (Å²) in [6, 6.07) is 5.94. The largest absolute Gasteiger partial charge is 0.497 e. The minimum absolute atomic E-state index is 0.0519. The van der Waals surface area contributed by atoms with Gasteiger partial charge in [0.25, 0.3) is 0 Å². The molecular formula is C20H27N3O3. The van der Waals surface area contributed by atoms with Crippen LogP contribution in [0.3, 0.4) is 0 Å². The molecule has 2 heterocycles. The topological polar surface area (TPSA) is 74.4 Å². The average molecular weight is 357 g/mol. The van der Waals surface area contributed by atoms with Gasteiger partial charge in [-0.15, -0.1) is 0 Å². The van der Waals surface area contributed by atoms with Gasteiger partial charge in [-0.05, 0) is 43.0 Å². The first-order chi connectivity index (χ1) is 12.6. The lowest BCUT2D eigenvalue weighted by molar-refractivity contribution is -0.135. The van der Waals surface area contributed by atoms with Crippen LogP contribution < -0.4 is 10.1 Å². The molecule has 1 aliphatic heterocycles. The fourth-order valence-electron chi connectivity index (χ4n) is 3.60. The van der Waals surface area contributed by atoms with Crippen LogP contribution in [0, 0.1) is 5.92 Å². The second-order valence-corrected chi connectivity index (χ2v) is 6.80. The number of hydrogen-bond acceptors (Lipinski definition) is 3. The Hall–Kier alpha value is -2.50. The minimum atomic E-state index is -0.0951. The van der Waals surface area contributed by atoms with Gasteiger partial charge < -0.3 is 19.9 Å². The van der Waals surface area contributed by atoms with Crippen molar-refractivity contribution in [2.24, 2.45) is 5.92 Å². The monoisotopic (exact) mass is 357 g/mol. The van der Waals surface area contributed by atoms with Gasteiger partial charge in [0.1, 0.15) is 5.75 Å². The quantitative estimate of drug-likeness (QED) is 0.834. The first-order valence-electron chi connectivity index (χ1n) is 9.32. The van der Waals surface area contributed by atoms with Gasteiger partial charge in [0.05, 0.1) is 13.0 Å². The molecule has 1 fully saturated rings. The van der Waals surface area contributed by atoms with E-state index < -0.39 is 0 Å². The Morgan fingerprint density at radius 1 is 1.38 bits per heavy atom. The van der Waals surface area contributed by atoms with Crippen molar-refractivity contribution >= 4 is 22.7 Å². The summed E-state index contributed by atoms with van der Waals surface area (Å²) in [6.45, 7) is 3.76. The van der Waals surface area contributed by atoms with Gasteiger partial charge in [-0.25, -0.2) is 0 Å². The van der Waals surface area contributed by atoms with Crippen molar-refractivity contribution in [2.45, 2.75) is 32.6 Å². The van der Waals surface area contributed by atoms with E-state index in [-0.39, 0.29) is 17.7 Å². The van der Waals surface area contributed by atoms with Gasteiger partial charge in [0.15, 0.2) is 0 Å². The van der Waals surface area contributed by atoms with Crippen molar-refractivity contribution in [1.29, 1.82) is 0 Å². The molecule has 140 valence electrons. The molecule has 2 aromatic rings. The summed E-state index contributed by atoms with van der Waals surface area (Å²) in [5.41, 5.74) is 2.22. The van der Waals surface area contributed by atoms with E-state index in [9.17, 15) is 9.59 Å². The fourth-order valence-corrected chi connectivity index (χ4v) is 3.60. The Balaban J connectivity index is 1.54. The number of carbonyl (C=O) groups is 2. The van der Waals surface area contributed by atoms with E-state index in [1.165, 1.54) is 0 Å². The molecule has 0 radical (unpaired) electrons. The summed E-state index contributed by atoms with van der Waals surface area (Å²) in [5.74, 6) is 0.916. The first kappa shape index (κ1) is 18.3. The van der Waals surface area contributed by atoms with E-state index in [0.29, 0.717) is 19.5 Å². The number of methoxy groups -OCH3 is 1. The highest BCUT2D eigenvalue weighted by molar-refractivity contribution is 5.85. The third-order valence-electron chi connectivity index (χ3n) is 5.12. The number of amides is 2. The smallest absolute Gasteiger partial charge is 0.224 e. The average Bonchev–Trinajstić information content (AvgIpc) is 3.09. The van der Waals surface area contributed by atoms with Crippen LogP contribution in [-0.4, -0.2) is 48.4 Å². The second kappa shape index (κ2) is 8.25. The maximum atomic E-state index is 12.5. The number of fused-ring (bicyclic) bond motifs is 1. The van der Waals surface area contributed by atoms with Crippen LogP contribution in [0.4, 0.5) is 0 Å². The van der Waals surface area contributed by atoms with Crippen LogP contribution in [-0.2, 0) is 16.0 Å². The van der Waals surface area contributed by atoms with Crippen LogP contribution in [0.25, 0.3) is 10.9 Å². The molecule has 6 heteroatoms. The lowest BCUT2D eigenvalue weighted by atomic mass is 9.96. The van der Waals surface area contributed by atoms with Crippen LogP contribution in [0.15, 0.2) is 24.4 Å². The Morgan fingerprint density at radius 2 is 2.23 bits per heavy atom. The van der Waals surface area contributed by atoms with Gasteiger partial charge in [-0.2, -0.15) is 0 Å². The number of piperidine rings is 1. The Kier molecular flexibility index (Phi) is 5.81. The molecule has 1 saturated heterocycles. The number of likely N-dealkylation sites (tertiary alicyclic amines) is 1.